The molecule has 1 fully saturated rings. The number of hydrogen-bond donors (Lipinski definition) is 0. The fourth-order valence-corrected chi connectivity index (χ4v) is 4.55. The molecule has 1 spiro atoms. The van der Waals surface area contributed by atoms with Gasteiger partial charge < -0.3 is 9.64 Å². The normalized spacial score (nSPS) is 21.0. The Morgan fingerprint density at radius 2 is 2.08 bits per heavy atom. The standard InChI is InChI=1S/C21H25N3O2/c1-3-26-19-13-21(18-12-15(2)4-5-17(18)19)7-10-24(11-8-21)20(25)16-6-9-22-23-14-16/h4-6,9,12,14,19H,3,7-8,10-11,13H2,1-2H3/t19-/m0/s1. The first kappa shape index (κ1) is 17.2. The number of ether oxygens (including phenoxy) is 1. The summed E-state index contributed by atoms with van der Waals surface area (Å²) in [6, 6.07) is 8.48. The minimum absolute atomic E-state index is 0.0542. The Labute approximate surface area is 154 Å². The molecule has 1 amide bonds. The lowest BCUT2D eigenvalue weighted by molar-refractivity contribution is 0.0381. The van der Waals surface area contributed by atoms with E-state index in [0.717, 1.165) is 39.0 Å². The van der Waals surface area contributed by atoms with Crippen LogP contribution in [0.4, 0.5) is 0 Å². The first-order chi connectivity index (χ1) is 12.6. The molecule has 1 atom stereocenters. The quantitative estimate of drug-likeness (QED) is 0.850. The summed E-state index contributed by atoms with van der Waals surface area (Å²) < 4.78 is 6.04. The average Bonchev–Trinajstić information content (AvgIpc) is 2.95. The number of benzene rings is 1. The molecule has 5 heteroatoms. The first-order valence-corrected chi connectivity index (χ1v) is 9.41. The Balaban J connectivity index is 1.55. The molecule has 2 aliphatic rings. The Bertz CT molecular complexity index is 798. The summed E-state index contributed by atoms with van der Waals surface area (Å²) >= 11 is 0. The lowest BCUT2D eigenvalue weighted by atomic mass is 9.73. The van der Waals surface area contributed by atoms with Crippen LogP contribution in [0.15, 0.2) is 36.7 Å². The SMILES string of the molecule is CCO[C@H]1CC2(CCN(C(=O)c3ccnnc3)CC2)c2cc(C)ccc21. The maximum absolute atomic E-state index is 12.7. The Kier molecular flexibility index (Phi) is 4.49. The molecular weight excluding hydrogens is 326 g/mol. The lowest BCUT2D eigenvalue weighted by Crippen LogP contribution is -2.44. The van der Waals surface area contributed by atoms with Crippen LogP contribution >= 0.6 is 0 Å². The van der Waals surface area contributed by atoms with Crippen molar-refractivity contribution in [2.45, 2.75) is 44.6 Å². The summed E-state index contributed by atoms with van der Waals surface area (Å²) in [6.07, 6.45) is 6.29. The molecular formula is C21H25N3O2. The van der Waals surface area contributed by atoms with E-state index in [0.29, 0.717) is 5.56 Å². The summed E-state index contributed by atoms with van der Waals surface area (Å²) in [5.41, 5.74) is 4.82. The largest absolute Gasteiger partial charge is 0.374 e. The second-order valence-electron chi connectivity index (χ2n) is 7.44. The number of piperidine rings is 1. The molecule has 136 valence electrons. The number of aromatic nitrogens is 2. The molecule has 2 aromatic rings. The van der Waals surface area contributed by atoms with Crippen molar-refractivity contribution in [3.05, 3.63) is 58.9 Å². The highest BCUT2D eigenvalue weighted by Crippen LogP contribution is 2.52. The zero-order chi connectivity index (χ0) is 18.1. The summed E-state index contributed by atoms with van der Waals surface area (Å²) in [4.78, 5) is 14.7. The highest BCUT2D eigenvalue weighted by molar-refractivity contribution is 5.93. The van der Waals surface area contributed by atoms with E-state index in [1.165, 1.54) is 16.7 Å². The van der Waals surface area contributed by atoms with Crippen LogP contribution in [0.2, 0.25) is 0 Å². The van der Waals surface area contributed by atoms with Crippen LogP contribution in [-0.2, 0) is 10.2 Å². The third kappa shape index (κ3) is 2.90. The van der Waals surface area contributed by atoms with Crippen molar-refractivity contribution in [3.63, 3.8) is 0 Å². The molecule has 0 unspecified atom stereocenters. The number of amides is 1. The van der Waals surface area contributed by atoms with Crippen molar-refractivity contribution in [2.75, 3.05) is 19.7 Å². The molecule has 0 bridgehead atoms. The van der Waals surface area contributed by atoms with Crippen LogP contribution in [-0.4, -0.2) is 40.7 Å². The van der Waals surface area contributed by atoms with Gasteiger partial charge in [0.2, 0.25) is 0 Å². The number of aryl methyl sites for hydroxylation is 1. The van der Waals surface area contributed by atoms with Crippen LogP contribution in [0, 0.1) is 6.92 Å². The van der Waals surface area contributed by atoms with Gasteiger partial charge in [-0.15, -0.1) is 0 Å². The van der Waals surface area contributed by atoms with E-state index in [-0.39, 0.29) is 17.4 Å². The van der Waals surface area contributed by atoms with Crippen LogP contribution in [0.1, 0.15) is 59.3 Å². The van der Waals surface area contributed by atoms with E-state index in [9.17, 15) is 4.79 Å². The van der Waals surface area contributed by atoms with Gasteiger partial charge in [-0.2, -0.15) is 10.2 Å². The van der Waals surface area contributed by atoms with Crippen LogP contribution in [0.3, 0.4) is 0 Å². The molecule has 1 aromatic carbocycles. The number of hydrogen-bond acceptors (Lipinski definition) is 4. The van der Waals surface area contributed by atoms with Gasteiger partial charge in [-0.1, -0.05) is 23.8 Å². The van der Waals surface area contributed by atoms with Gasteiger partial charge in [0.1, 0.15) is 0 Å². The van der Waals surface area contributed by atoms with E-state index in [1.54, 1.807) is 18.5 Å². The molecule has 4 rings (SSSR count). The number of rotatable bonds is 3. The van der Waals surface area contributed by atoms with E-state index >= 15 is 0 Å². The van der Waals surface area contributed by atoms with Gasteiger partial charge in [-0.05, 0) is 50.3 Å². The van der Waals surface area contributed by atoms with Crippen molar-refractivity contribution in [1.82, 2.24) is 15.1 Å². The third-order valence-electron chi connectivity index (χ3n) is 5.91. The number of nitrogens with zero attached hydrogens (tertiary/aromatic N) is 3. The third-order valence-corrected chi connectivity index (χ3v) is 5.91. The van der Waals surface area contributed by atoms with Crippen molar-refractivity contribution in [2.24, 2.45) is 0 Å². The van der Waals surface area contributed by atoms with Crippen molar-refractivity contribution >= 4 is 5.91 Å². The molecule has 2 heterocycles. The van der Waals surface area contributed by atoms with Gasteiger partial charge in [0.05, 0.1) is 24.1 Å². The summed E-state index contributed by atoms with van der Waals surface area (Å²) in [5, 5.41) is 7.58. The van der Waals surface area contributed by atoms with Crippen molar-refractivity contribution in [1.29, 1.82) is 0 Å². The van der Waals surface area contributed by atoms with Crippen molar-refractivity contribution in [3.8, 4) is 0 Å². The van der Waals surface area contributed by atoms with Crippen molar-refractivity contribution < 1.29 is 9.53 Å². The average molecular weight is 351 g/mol. The van der Waals surface area contributed by atoms with Crippen LogP contribution < -0.4 is 0 Å². The molecule has 0 saturated carbocycles. The van der Waals surface area contributed by atoms with Crippen LogP contribution in [0.25, 0.3) is 0 Å². The van der Waals surface area contributed by atoms with E-state index in [4.69, 9.17) is 4.74 Å². The van der Waals surface area contributed by atoms with Gasteiger partial charge in [-0.3, -0.25) is 4.79 Å². The molecule has 0 N–H and O–H groups in total. The zero-order valence-electron chi connectivity index (χ0n) is 15.4. The number of carbonyl (C=O) groups is 1. The summed E-state index contributed by atoms with van der Waals surface area (Å²) in [5.74, 6) is 0.0542. The maximum Gasteiger partial charge on any atom is 0.255 e. The molecule has 1 aliphatic heterocycles. The van der Waals surface area contributed by atoms with E-state index in [2.05, 4.69) is 42.2 Å². The van der Waals surface area contributed by atoms with Gasteiger partial charge in [0, 0.05) is 25.1 Å². The Hall–Kier alpha value is -2.27. The first-order valence-electron chi connectivity index (χ1n) is 9.41. The van der Waals surface area contributed by atoms with E-state index in [1.807, 2.05) is 4.90 Å². The van der Waals surface area contributed by atoms with Gasteiger partial charge in [0.15, 0.2) is 0 Å². The second-order valence-corrected chi connectivity index (χ2v) is 7.44. The smallest absolute Gasteiger partial charge is 0.255 e. The molecule has 0 radical (unpaired) electrons. The molecule has 26 heavy (non-hydrogen) atoms. The van der Waals surface area contributed by atoms with E-state index < -0.39 is 0 Å². The summed E-state index contributed by atoms with van der Waals surface area (Å²) in [7, 11) is 0. The highest BCUT2D eigenvalue weighted by Gasteiger charge is 2.46. The highest BCUT2D eigenvalue weighted by atomic mass is 16.5. The Morgan fingerprint density at radius 1 is 1.27 bits per heavy atom. The molecule has 1 aromatic heterocycles. The number of carbonyl (C=O) groups excluding carboxylic acids is 1. The predicted molar refractivity (Wildman–Crippen MR) is 99.0 cm³/mol. The van der Waals surface area contributed by atoms with Gasteiger partial charge >= 0.3 is 0 Å². The second kappa shape index (κ2) is 6.80. The molecule has 1 aliphatic carbocycles. The fourth-order valence-electron chi connectivity index (χ4n) is 4.55. The Morgan fingerprint density at radius 3 is 2.77 bits per heavy atom. The van der Waals surface area contributed by atoms with Crippen LogP contribution in [0.5, 0.6) is 0 Å². The number of fused-ring (bicyclic) bond motifs is 2. The summed E-state index contributed by atoms with van der Waals surface area (Å²) in [6.45, 7) is 6.48. The maximum atomic E-state index is 12.7. The van der Waals surface area contributed by atoms with Gasteiger partial charge in [0.25, 0.3) is 5.91 Å². The number of likely N-dealkylation sites (tertiary alicyclic amines) is 1. The topological polar surface area (TPSA) is 55.3 Å². The van der Waals surface area contributed by atoms with Gasteiger partial charge in [-0.25, -0.2) is 0 Å². The fraction of sp³-hybridized carbons (Fsp3) is 0.476. The minimum Gasteiger partial charge on any atom is -0.374 e. The predicted octanol–water partition coefficient (Wildman–Crippen LogP) is 3.44. The molecule has 5 nitrogen and oxygen atoms in total. The zero-order valence-corrected chi connectivity index (χ0v) is 15.4. The molecule has 1 saturated heterocycles. The monoisotopic (exact) mass is 351 g/mol. The minimum atomic E-state index is 0.0542. The lowest BCUT2D eigenvalue weighted by Gasteiger charge is -2.40.